The van der Waals surface area contributed by atoms with Gasteiger partial charge in [-0.2, -0.15) is 0 Å². The Balaban J connectivity index is 0.000000720. The van der Waals surface area contributed by atoms with Crippen molar-refractivity contribution in [1.29, 1.82) is 0 Å². The molecule has 0 radical (unpaired) electrons. The minimum Gasteiger partial charge on any atom is -0.868 e. The van der Waals surface area contributed by atoms with E-state index < -0.39 is 0 Å². The molecule has 0 bridgehead atoms. The summed E-state index contributed by atoms with van der Waals surface area (Å²) in [7, 11) is 0. The predicted molar refractivity (Wildman–Crippen MR) is 39.9 cm³/mol. The molecule has 2 rings (SSSR count). The summed E-state index contributed by atoms with van der Waals surface area (Å²) in [5.41, 5.74) is 0.676. The van der Waals surface area contributed by atoms with Crippen molar-refractivity contribution in [2.24, 2.45) is 0 Å². The fourth-order valence-corrected chi connectivity index (χ4v) is 1.12. The van der Waals surface area contributed by atoms with E-state index >= 15 is 0 Å². The van der Waals surface area contributed by atoms with Crippen LogP contribution < -0.4 is 61.5 Å². The molecule has 2 nitrogen and oxygen atoms in total. The molecule has 54 valence electrons. The number of nitrogens with one attached hydrogen (secondary N) is 1. The maximum absolute atomic E-state index is 11.1. The standard InChI is InChI=1S/C9H7NO.K/c11-8-5-1-3-7-4-2-6-10-9(7)8;/h1-6,11H;/q;+1. The fraction of sp³-hybridized carbons (Fsp3) is 0. The average molecular weight is 184 g/mol. The molecule has 0 aliphatic carbocycles. The predicted octanol–water partition coefficient (Wildman–Crippen LogP) is -2.27. The number of hydrogen-bond donors (Lipinski definition) is 0. The second-order valence-electron chi connectivity index (χ2n) is 2.39. The first-order chi connectivity index (χ1) is 5.38. The summed E-state index contributed by atoms with van der Waals surface area (Å²) >= 11 is 0. The van der Waals surface area contributed by atoms with Crippen molar-refractivity contribution >= 4 is 10.9 Å². The maximum atomic E-state index is 11.1. The molecule has 0 amide bonds. The number of fused-ring (bicyclic) bond motifs is 1. The van der Waals surface area contributed by atoms with Gasteiger partial charge in [-0.15, -0.1) is 0 Å². The summed E-state index contributed by atoms with van der Waals surface area (Å²) in [5, 5.41) is 12.1. The SMILES string of the molecule is [K+].[O-]c1cccc2ccc[nH+]c12. The van der Waals surface area contributed by atoms with Gasteiger partial charge in [0.15, 0.2) is 6.20 Å². The number of aromatic amines is 1. The van der Waals surface area contributed by atoms with Crippen LogP contribution in [0.2, 0.25) is 0 Å². The first kappa shape index (κ1) is 10.1. The second kappa shape index (κ2) is 4.34. The van der Waals surface area contributed by atoms with Crippen molar-refractivity contribution in [2.75, 3.05) is 0 Å². The molecule has 1 heterocycles. The summed E-state index contributed by atoms with van der Waals surface area (Å²) in [6.07, 6.45) is 1.75. The number of pyridine rings is 1. The van der Waals surface area contributed by atoms with Crippen LogP contribution in [-0.2, 0) is 0 Å². The molecule has 0 aliphatic rings. The van der Waals surface area contributed by atoms with Gasteiger partial charge < -0.3 is 5.11 Å². The van der Waals surface area contributed by atoms with Crippen LogP contribution >= 0.6 is 0 Å². The first-order valence-electron chi connectivity index (χ1n) is 3.44. The Labute approximate surface area is 113 Å². The molecule has 0 spiro atoms. The van der Waals surface area contributed by atoms with Gasteiger partial charge in [-0.25, -0.2) is 4.98 Å². The summed E-state index contributed by atoms with van der Waals surface area (Å²) in [5.74, 6) is 0.0445. The normalized spacial score (nSPS) is 9.33. The van der Waals surface area contributed by atoms with Gasteiger partial charge in [0, 0.05) is 11.5 Å². The Morgan fingerprint density at radius 3 is 2.58 bits per heavy atom. The Kier molecular flexibility index (Phi) is 3.67. The van der Waals surface area contributed by atoms with Gasteiger partial charge in [-0.05, 0) is 17.9 Å². The summed E-state index contributed by atoms with van der Waals surface area (Å²) in [4.78, 5) is 2.91. The molecule has 1 aromatic heterocycles. The van der Waals surface area contributed by atoms with Gasteiger partial charge in [0.05, 0.1) is 0 Å². The zero-order valence-corrected chi connectivity index (χ0v) is 10.00. The van der Waals surface area contributed by atoms with Crippen molar-refractivity contribution in [3.8, 4) is 5.75 Å². The van der Waals surface area contributed by atoms with Crippen molar-refractivity contribution in [1.82, 2.24) is 0 Å². The molecular formula is C9H7KNO+. The van der Waals surface area contributed by atoms with Crippen LogP contribution in [-0.4, -0.2) is 0 Å². The quantitative estimate of drug-likeness (QED) is 0.425. The molecule has 1 N–H and O–H groups in total. The van der Waals surface area contributed by atoms with Crippen molar-refractivity contribution < 1.29 is 61.5 Å². The zero-order chi connectivity index (χ0) is 7.68. The third-order valence-corrected chi connectivity index (χ3v) is 1.66. The number of hydrogen-bond acceptors (Lipinski definition) is 1. The molecule has 1 aromatic carbocycles. The van der Waals surface area contributed by atoms with E-state index in [1.807, 2.05) is 18.2 Å². The molecule has 3 heteroatoms. The van der Waals surface area contributed by atoms with Crippen LogP contribution in [0.5, 0.6) is 5.75 Å². The Hall–Kier alpha value is 0.0664. The Morgan fingerprint density at radius 2 is 1.83 bits per heavy atom. The van der Waals surface area contributed by atoms with Crippen LogP contribution in [0.4, 0.5) is 0 Å². The van der Waals surface area contributed by atoms with Crippen molar-refractivity contribution in [3.05, 3.63) is 36.5 Å². The van der Waals surface area contributed by atoms with E-state index in [9.17, 15) is 5.11 Å². The van der Waals surface area contributed by atoms with E-state index in [4.69, 9.17) is 0 Å². The van der Waals surface area contributed by atoms with Crippen LogP contribution in [0.1, 0.15) is 0 Å². The smallest absolute Gasteiger partial charge is 0.868 e. The molecule has 2 aromatic rings. The van der Waals surface area contributed by atoms with E-state index in [0.29, 0.717) is 5.52 Å². The summed E-state index contributed by atoms with van der Waals surface area (Å²) in [6, 6.07) is 9.01. The summed E-state index contributed by atoms with van der Waals surface area (Å²) in [6.45, 7) is 0. The fourth-order valence-electron chi connectivity index (χ4n) is 1.12. The molecule has 0 aliphatic heterocycles. The van der Waals surface area contributed by atoms with Gasteiger partial charge >= 0.3 is 51.4 Å². The number of rotatable bonds is 0. The maximum Gasteiger partial charge on any atom is 1.00 e. The van der Waals surface area contributed by atoms with Crippen LogP contribution in [0.3, 0.4) is 0 Å². The average Bonchev–Trinajstić information content (AvgIpc) is 2.06. The topological polar surface area (TPSA) is 37.2 Å². The second-order valence-corrected chi connectivity index (χ2v) is 2.39. The van der Waals surface area contributed by atoms with Gasteiger partial charge in [-0.3, -0.25) is 0 Å². The van der Waals surface area contributed by atoms with Crippen LogP contribution in [0.15, 0.2) is 36.5 Å². The molecule has 0 atom stereocenters. The monoisotopic (exact) mass is 184 g/mol. The van der Waals surface area contributed by atoms with Crippen molar-refractivity contribution in [3.63, 3.8) is 0 Å². The Bertz CT molecular complexity index is 384. The number of benzene rings is 1. The number of H-pyrrole nitrogens is 1. The van der Waals surface area contributed by atoms with E-state index in [2.05, 4.69) is 4.98 Å². The molecule has 12 heavy (non-hydrogen) atoms. The third-order valence-electron chi connectivity index (χ3n) is 1.66. The third kappa shape index (κ3) is 1.86. The molecule has 0 fully saturated rings. The number of para-hydroxylation sites is 1. The largest absolute Gasteiger partial charge is 1.00 e. The molecule has 0 saturated carbocycles. The van der Waals surface area contributed by atoms with Gasteiger partial charge in [-0.1, -0.05) is 12.1 Å². The minimum atomic E-state index is 0. The van der Waals surface area contributed by atoms with E-state index in [1.165, 1.54) is 0 Å². The zero-order valence-electron chi connectivity index (χ0n) is 6.87. The Morgan fingerprint density at radius 1 is 1.08 bits per heavy atom. The van der Waals surface area contributed by atoms with Gasteiger partial charge in [0.25, 0.3) is 0 Å². The molecule has 0 unspecified atom stereocenters. The van der Waals surface area contributed by atoms with Gasteiger partial charge in [0.1, 0.15) is 0 Å². The van der Waals surface area contributed by atoms with Crippen molar-refractivity contribution in [2.45, 2.75) is 0 Å². The number of aromatic nitrogens is 1. The van der Waals surface area contributed by atoms with Gasteiger partial charge in [0.2, 0.25) is 5.52 Å². The molecular weight excluding hydrogens is 177 g/mol. The van der Waals surface area contributed by atoms with Crippen LogP contribution in [0.25, 0.3) is 10.9 Å². The van der Waals surface area contributed by atoms with E-state index in [0.717, 1.165) is 5.39 Å². The minimum absolute atomic E-state index is 0. The molecule has 0 saturated heterocycles. The van der Waals surface area contributed by atoms with Crippen LogP contribution in [0, 0.1) is 0 Å². The van der Waals surface area contributed by atoms with E-state index in [1.54, 1.807) is 18.3 Å². The first-order valence-corrected chi connectivity index (χ1v) is 3.44. The van der Waals surface area contributed by atoms with E-state index in [-0.39, 0.29) is 57.1 Å². The summed E-state index contributed by atoms with van der Waals surface area (Å²) < 4.78 is 0.